The lowest BCUT2D eigenvalue weighted by Crippen LogP contribution is -2.40. The molecule has 1 N–H and O–H groups in total. The fourth-order valence-corrected chi connectivity index (χ4v) is 4.92. The van der Waals surface area contributed by atoms with E-state index in [-0.39, 0.29) is 39.7 Å². The van der Waals surface area contributed by atoms with Gasteiger partial charge in [0.15, 0.2) is 11.6 Å². The van der Waals surface area contributed by atoms with Gasteiger partial charge in [0.1, 0.15) is 11.3 Å². The van der Waals surface area contributed by atoms with E-state index in [1.165, 1.54) is 17.7 Å². The molecular formula is C22H27F2N3O3. The molecule has 2 fully saturated rings. The van der Waals surface area contributed by atoms with Crippen molar-refractivity contribution in [2.45, 2.75) is 45.7 Å². The van der Waals surface area contributed by atoms with Crippen LogP contribution in [-0.2, 0) is 0 Å². The number of likely N-dealkylation sites (N-methyl/N-ethyl adjacent to an activating group) is 1. The molecule has 1 saturated carbocycles. The van der Waals surface area contributed by atoms with E-state index >= 15 is 8.78 Å². The van der Waals surface area contributed by atoms with Gasteiger partial charge in [0.05, 0.1) is 10.9 Å². The smallest absolute Gasteiger partial charge is 0.341 e. The van der Waals surface area contributed by atoms with Crippen LogP contribution in [-0.4, -0.2) is 53.8 Å². The monoisotopic (exact) mass is 419 g/mol. The molecule has 0 spiro atoms. The Morgan fingerprint density at radius 1 is 1.23 bits per heavy atom. The second kappa shape index (κ2) is 6.77. The molecule has 2 heterocycles. The second-order valence-electron chi connectivity index (χ2n) is 9.49. The lowest BCUT2D eigenvalue weighted by Gasteiger charge is -2.30. The first kappa shape index (κ1) is 20.8. The molecule has 0 amide bonds. The summed E-state index contributed by atoms with van der Waals surface area (Å²) < 4.78 is 32.9. The number of nitrogens with zero attached hydrogens (tertiary/aromatic N) is 3. The number of fused-ring (bicyclic) bond motifs is 1. The summed E-state index contributed by atoms with van der Waals surface area (Å²) in [7, 11) is 3.90. The van der Waals surface area contributed by atoms with Gasteiger partial charge in [0.25, 0.3) is 0 Å². The molecule has 162 valence electrons. The number of benzene rings is 1. The normalized spacial score (nSPS) is 21.1. The maximum atomic E-state index is 15.9. The average Bonchev–Trinajstić information content (AvgIpc) is 3.43. The summed E-state index contributed by atoms with van der Waals surface area (Å²) in [5.74, 6) is -2.97. The molecule has 1 aliphatic heterocycles. The summed E-state index contributed by atoms with van der Waals surface area (Å²) >= 11 is 0. The molecular weight excluding hydrogens is 392 g/mol. The van der Waals surface area contributed by atoms with Gasteiger partial charge in [-0.3, -0.25) is 4.79 Å². The van der Waals surface area contributed by atoms with Crippen molar-refractivity contribution in [3.63, 3.8) is 0 Å². The van der Waals surface area contributed by atoms with Gasteiger partial charge in [0.2, 0.25) is 5.43 Å². The van der Waals surface area contributed by atoms with Gasteiger partial charge in [-0.2, -0.15) is 0 Å². The van der Waals surface area contributed by atoms with Gasteiger partial charge in [0, 0.05) is 36.9 Å². The number of aryl methyl sites for hydroxylation is 1. The Morgan fingerprint density at radius 3 is 2.37 bits per heavy atom. The minimum atomic E-state index is -1.39. The zero-order valence-corrected chi connectivity index (χ0v) is 17.9. The van der Waals surface area contributed by atoms with Crippen molar-refractivity contribution in [3.05, 3.63) is 39.2 Å². The zero-order chi connectivity index (χ0) is 22.1. The molecule has 1 aromatic carbocycles. The topological polar surface area (TPSA) is 65.8 Å². The average molecular weight is 419 g/mol. The standard InChI is InChI=1S/C22H27F2N3O3/c1-11-15-18(27(12-6-7-12)8-13(20(15)28)21(29)30)17(24)19(16(11)23)26-9-14(25(4)5)22(2,3)10-26/h8,12,14H,6-7,9-10H2,1-5H3,(H,29,30)/t14-/m1/s1. The summed E-state index contributed by atoms with van der Waals surface area (Å²) in [6.07, 6.45) is 2.74. The minimum Gasteiger partial charge on any atom is -0.477 e. The van der Waals surface area contributed by atoms with Crippen LogP contribution in [0.25, 0.3) is 10.9 Å². The summed E-state index contributed by atoms with van der Waals surface area (Å²) in [5, 5.41) is 9.26. The molecule has 2 aromatic rings. The molecule has 0 bridgehead atoms. The summed E-state index contributed by atoms with van der Waals surface area (Å²) in [6, 6.07) is 0.0234. The van der Waals surface area contributed by atoms with Gasteiger partial charge in [-0.05, 0) is 39.3 Å². The van der Waals surface area contributed by atoms with E-state index in [9.17, 15) is 14.7 Å². The van der Waals surface area contributed by atoms with Crippen LogP contribution < -0.4 is 10.3 Å². The van der Waals surface area contributed by atoms with E-state index < -0.39 is 28.6 Å². The number of rotatable bonds is 4. The highest BCUT2D eigenvalue weighted by Crippen LogP contribution is 2.43. The third-order valence-corrected chi connectivity index (χ3v) is 6.57. The molecule has 8 heteroatoms. The molecule has 0 radical (unpaired) electrons. The van der Waals surface area contributed by atoms with Crippen molar-refractivity contribution in [2.75, 3.05) is 32.1 Å². The lowest BCUT2D eigenvalue weighted by atomic mass is 9.87. The molecule has 0 unspecified atom stereocenters. The van der Waals surface area contributed by atoms with Crippen LogP contribution in [0.2, 0.25) is 0 Å². The molecule has 1 saturated heterocycles. The Balaban J connectivity index is 2.01. The summed E-state index contributed by atoms with van der Waals surface area (Å²) in [6.45, 7) is 6.49. The number of carbonyl (C=O) groups is 1. The van der Waals surface area contributed by atoms with Crippen LogP contribution in [0, 0.1) is 24.0 Å². The number of carboxylic acids is 1. The predicted molar refractivity (Wildman–Crippen MR) is 112 cm³/mol. The minimum absolute atomic E-state index is 0.00462. The Kier molecular flexibility index (Phi) is 4.69. The van der Waals surface area contributed by atoms with E-state index in [4.69, 9.17) is 0 Å². The highest BCUT2D eigenvalue weighted by atomic mass is 19.1. The van der Waals surface area contributed by atoms with Gasteiger partial charge >= 0.3 is 5.97 Å². The highest BCUT2D eigenvalue weighted by Gasteiger charge is 2.43. The van der Waals surface area contributed by atoms with Crippen molar-refractivity contribution in [1.29, 1.82) is 0 Å². The third-order valence-electron chi connectivity index (χ3n) is 6.57. The SMILES string of the molecule is Cc1c(F)c(N2C[C@@H](N(C)C)C(C)(C)C2)c(F)c2c1c(=O)c(C(=O)O)cn2C1CC1. The summed E-state index contributed by atoms with van der Waals surface area (Å²) in [4.78, 5) is 28.2. The van der Waals surface area contributed by atoms with Crippen LogP contribution in [0.3, 0.4) is 0 Å². The number of pyridine rings is 1. The first-order chi connectivity index (χ1) is 14.0. The van der Waals surface area contributed by atoms with Gasteiger partial charge in [-0.25, -0.2) is 13.6 Å². The van der Waals surface area contributed by atoms with E-state index in [1.807, 2.05) is 14.1 Å². The van der Waals surface area contributed by atoms with Crippen LogP contribution in [0.5, 0.6) is 0 Å². The largest absolute Gasteiger partial charge is 0.477 e. The van der Waals surface area contributed by atoms with Crippen LogP contribution in [0.1, 0.15) is 48.7 Å². The van der Waals surface area contributed by atoms with Crippen molar-refractivity contribution < 1.29 is 18.7 Å². The molecule has 1 aromatic heterocycles. The Hall–Kier alpha value is -2.48. The zero-order valence-electron chi connectivity index (χ0n) is 17.9. The van der Waals surface area contributed by atoms with Crippen molar-refractivity contribution in [2.24, 2.45) is 5.41 Å². The van der Waals surface area contributed by atoms with Crippen LogP contribution in [0.4, 0.5) is 14.5 Å². The van der Waals surface area contributed by atoms with Crippen LogP contribution >= 0.6 is 0 Å². The molecule has 1 atom stereocenters. The van der Waals surface area contributed by atoms with Crippen molar-refractivity contribution in [3.8, 4) is 0 Å². The number of anilines is 1. The molecule has 30 heavy (non-hydrogen) atoms. The number of hydrogen-bond donors (Lipinski definition) is 1. The van der Waals surface area contributed by atoms with Gasteiger partial charge in [-0.15, -0.1) is 0 Å². The van der Waals surface area contributed by atoms with Gasteiger partial charge < -0.3 is 19.5 Å². The number of hydrogen-bond acceptors (Lipinski definition) is 4. The number of aromatic carboxylic acids is 1. The Labute approximate surface area is 173 Å². The molecule has 1 aliphatic carbocycles. The fraction of sp³-hybridized carbons (Fsp3) is 0.545. The van der Waals surface area contributed by atoms with E-state index in [2.05, 4.69) is 18.7 Å². The van der Waals surface area contributed by atoms with E-state index in [0.29, 0.717) is 13.1 Å². The molecule has 4 rings (SSSR count). The molecule has 6 nitrogen and oxygen atoms in total. The first-order valence-electron chi connectivity index (χ1n) is 10.2. The quantitative estimate of drug-likeness (QED) is 0.823. The Morgan fingerprint density at radius 2 is 1.87 bits per heavy atom. The molecule has 2 aliphatic rings. The first-order valence-corrected chi connectivity index (χ1v) is 10.2. The second-order valence-corrected chi connectivity index (χ2v) is 9.49. The number of aromatic nitrogens is 1. The number of carboxylic acid groups (broad SMARTS) is 1. The third kappa shape index (κ3) is 3.00. The van der Waals surface area contributed by atoms with Crippen LogP contribution in [0.15, 0.2) is 11.0 Å². The van der Waals surface area contributed by atoms with E-state index in [1.54, 1.807) is 4.90 Å². The fourth-order valence-electron chi connectivity index (χ4n) is 4.92. The van der Waals surface area contributed by atoms with E-state index in [0.717, 1.165) is 12.8 Å². The Bertz CT molecular complexity index is 1120. The van der Waals surface area contributed by atoms with Gasteiger partial charge in [-0.1, -0.05) is 13.8 Å². The van der Waals surface area contributed by atoms with Crippen molar-refractivity contribution >= 4 is 22.6 Å². The number of halogens is 2. The lowest BCUT2D eigenvalue weighted by molar-refractivity contribution is 0.0694. The maximum Gasteiger partial charge on any atom is 0.341 e. The van der Waals surface area contributed by atoms with Crippen molar-refractivity contribution in [1.82, 2.24) is 9.47 Å². The maximum absolute atomic E-state index is 15.9. The summed E-state index contributed by atoms with van der Waals surface area (Å²) in [5.41, 5.74) is -1.62. The predicted octanol–water partition coefficient (Wildman–Crippen LogP) is 3.40. The highest BCUT2D eigenvalue weighted by molar-refractivity contribution is 5.95.